The van der Waals surface area contributed by atoms with Crippen molar-refractivity contribution < 1.29 is 14.7 Å². The van der Waals surface area contributed by atoms with Gasteiger partial charge in [0.25, 0.3) is 0 Å². The third-order valence-electron chi connectivity index (χ3n) is 2.09. The summed E-state index contributed by atoms with van der Waals surface area (Å²) in [5, 5.41) is 8.73. The van der Waals surface area contributed by atoms with Crippen molar-refractivity contribution in [3.63, 3.8) is 0 Å². The molecule has 88 valence electrons. The molecule has 15 heavy (non-hydrogen) atoms. The first kappa shape index (κ1) is 13.9. The van der Waals surface area contributed by atoms with Crippen LogP contribution in [0.3, 0.4) is 0 Å². The van der Waals surface area contributed by atoms with Gasteiger partial charge in [-0.2, -0.15) is 0 Å². The van der Waals surface area contributed by atoms with Gasteiger partial charge in [-0.3, -0.25) is 14.5 Å². The molecule has 3 N–H and O–H groups in total. The van der Waals surface area contributed by atoms with E-state index in [1.807, 2.05) is 20.8 Å². The lowest BCUT2D eigenvalue weighted by molar-refractivity contribution is -0.140. The standard InChI is InChI=1S/C10H20N2O3/c1-4-8(10(11)15)12(5-7(2)3)6-9(13)14/h7-8H,4-6H2,1-3H3,(H2,11,15)(H,13,14). The first-order valence-corrected chi connectivity index (χ1v) is 5.13. The van der Waals surface area contributed by atoms with Gasteiger partial charge in [0, 0.05) is 6.54 Å². The molecule has 0 spiro atoms. The summed E-state index contributed by atoms with van der Waals surface area (Å²) >= 11 is 0. The first-order chi connectivity index (χ1) is 6.88. The third-order valence-corrected chi connectivity index (χ3v) is 2.09. The second-order valence-corrected chi connectivity index (χ2v) is 4.04. The lowest BCUT2D eigenvalue weighted by Gasteiger charge is -2.28. The molecule has 0 bridgehead atoms. The number of nitrogens with two attached hydrogens (primary N) is 1. The molecule has 0 radical (unpaired) electrons. The van der Waals surface area contributed by atoms with Crippen LogP contribution < -0.4 is 5.73 Å². The van der Waals surface area contributed by atoms with Gasteiger partial charge in [0.2, 0.25) is 5.91 Å². The number of primary amides is 1. The predicted molar refractivity (Wildman–Crippen MR) is 57.3 cm³/mol. The Balaban J connectivity index is 4.57. The largest absolute Gasteiger partial charge is 0.480 e. The molecule has 1 atom stereocenters. The summed E-state index contributed by atoms with van der Waals surface area (Å²) in [6.45, 7) is 6.20. The van der Waals surface area contributed by atoms with Crippen molar-refractivity contribution in [2.45, 2.75) is 33.2 Å². The van der Waals surface area contributed by atoms with Gasteiger partial charge < -0.3 is 10.8 Å². The normalized spacial score (nSPS) is 13.1. The number of amides is 1. The maximum absolute atomic E-state index is 11.1. The van der Waals surface area contributed by atoms with Crippen LogP contribution >= 0.6 is 0 Å². The molecule has 1 amide bonds. The molecule has 0 aromatic carbocycles. The molecule has 0 heterocycles. The summed E-state index contributed by atoms with van der Waals surface area (Å²) < 4.78 is 0. The van der Waals surface area contributed by atoms with Crippen molar-refractivity contribution >= 4 is 11.9 Å². The van der Waals surface area contributed by atoms with Crippen LogP contribution in [0.5, 0.6) is 0 Å². The molecule has 0 rings (SSSR count). The minimum Gasteiger partial charge on any atom is -0.480 e. The zero-order valence-corrected chi connectivity index (χ0v) is 9.56. The highest BCUT2D eigenvalue weighted by Gasteiger charge is 2.24. The second kappa shape index (κ2) is 6.40. The highest BCUT2D eigenvalue weighted by Crippen LogP contribution is 2.07. The SMILES string of the molecule is CCC(C(N)=O)N(CC(=O)O)CC(C)C. The Labute approximate surface area is 90.2 Å². The lowest BCUT2D eigenvalue weighted by atomic mass is 10.1. The fourth-order valence-corrected chi connectivity index (χ4v) is 1.58. The van der Waals surface area contributed by atoms with Crippen LogP contribution in [0.15, 0.2) is 0 Å². The topological polar surface area (TPSA) is 83.6 Å². The van der Waals surface area contributed by atoms with Crippen molar-refractivity contribution in [3.05, 3.63) is 0 Å². The molecule has 0 saturated carbocycles. The Hall–Kier alpha value is -1.10. The molecule has 5 nitrogen and oxygen atoms in total. The quantitative estimate of drug-likeness (QED) is 0.640. The van der Waals surface area contributed by atoms with Gasteiger partial charge in [-0.1, -0.05) is 20.8 Å². The summed E-state index contributed by atoms with van der Waals surface area (Å²) in [6, 6.07) is -0.483. The molecular formula is C10H20N2O3. The smallest absolute Gasteiger partial charge is 0.317 e. The Morgan fingerprint density at radius 3 is 2.20 bits per heavy atom. The highest BCUT2D eigenvalue weighted by molar-refractivity contribution is 5.80. The molecule has 0 aromatic rings. The van der Waals surface area contributed by atoms with Gasteiger partial charge in [0.05, 0.1) is 12.6 Å². The van der Waals surface area contributed by atoms with E-state index < -0.39 is 17.9 Å². The minimum atomic E-state index is -0.935. The van der Waals surface area contributed by atoms with Gasteiger partial charge in [0.1, 0.15) is 0 Å². The van der Waals surface area contributed by atoms with Crippen molar-refractivity contribution in [1.29, 1.82) is 0 Å². The van der Waals surface area contributed by atoms with E-state index >= 15 is 0 Å². The highest BCUT2D eigenvalue weighted by atomic mass is 16.4. The van der Waals surface area contributed by atoms with E-state index in [1.165, 1.54) is 0 Å². The average Bonchev–Trinajstić information content (AvgIpc) is 2.01. The number of hydrogen-bond acceptors (Lipinski definition) is 3. The number of aliphatic carboxylic acids is 1. The molecular weight excluding hydrogens is 196 g/mol. The monoisotopic (exact) mass is 216 g/mol. The molecule has 0 aromatic heterocycles. The van der Waals surface area contributed by atoms with Crippen LogP contribution in [0.25, 0.3) is 0 Å². The number of carbonyl (C=O) groups is 2. The van der Waals surface area contributed by atoms with Crippen LogP contribution in [0.4, 0.5) is 0 Å². The van der Waals surface area contributed by atoms with E-state index in [9.17, 15) is 9.59 Å². The van der Waals surface area contributed by atoms with Crippen LogP contribution in [-0.4, -0.2) is 41.0 Å². The van der Waals surface area contributed by atoms with Gasteiger partial charge in [0.15, 0.2) is 0 Å². The summed E-state index contributed by atoms with van der Waals surface area (Å²) in [5.74, 6) is -1.09. The van der Waals surface area contributed by atoms with Crippen LogP contribution in [0.2, 0.25) is 0 Å². The Morgan fingerprint density at radius 2 is 1.93 bits per heavy atom. The van der Waals surface area contributed by atoms with Gasteiger partial charge in [-0.25, -0.2) is 0 Å². The number of carboxylic acid groups (broad SMARTS) is 1. The summed E-state index contributed by atoms with van der Waals surface area (Å²) in [5.41, 5.74) is 5.23. The van der Waals surface area contributed by atoms with Crippen molar-refractivity contribution in [1.82, 2.24) is 4.90 Å². The number of hydrogen-bond donors (Lipinski definition) is 2. The molecule has 0 aliphatic rings. The second-order valence-electron chi connectivity index (χ2n) is 4.04. The zero-order chi connectivity index (χ0) is 12.0. The summed E-state index contributed by atoms with van der Waals surface area (Å²) in [7, 11) is 0. The minimum absolute atomic E-state index is 0.139. The molecule has 5 heteroatoms. The van der Waals surface area contributed by atoms with Crippen LogP contribution in [0.1, 0.15) is 27.2 Å². The fourth-order valence-electron chi connectivity index (χ4n) is 1.58. The van der Waals surface area contributed by atoms with Gasteiger partial charge in [-0.15, -0.1) is 0 Å². The van der Waals surface area contributed by atoms with Crippen molar-refractivity contribution in [3.8, 4) is 0 Å². The number of carbonyl (C=O) groups excluding carboxylic acids is 1. The van der Waals surface area contributed by atoms with E-state index in [1.54, 1.807) is 4.90 Å². The summed E-state index contributed by atoms with van der Waals surface area (Å²) in [6.07, 6.45) is 0.537. The molecule has 0 saturated heterocycles. The van der Waals surface area contributed by atoms with Crippen molar-refractivity contribution in [2.75, 3.05) is 13.1 Å². The van der Waals surface area contributed by atoms with Gasteiger partial charge >= 0.3 is 5.97 Å². The van der Waals surface area contributed by atoms with E-state index in [4.69, 9.17) is 10.8 Å². The molecule has 0 aliphatic carbocycles. The Bertz CT molecular complexity index is 229. The van der Waals surface area contributed by atoms with E-state index in [0.717, 1.165) is 0 Å². The van der Waals surface area contributed by atoms with Gasteiger partial charge in [-0.05, 0) is 12.3 Å². The predicted octanol–water partition coefficient (Wildman–Crippen LogP) is 0.293. The zero-order valence-electron chi connectivity index (χ0n) is 9.56. The van der Waals surface area contributed by atoms with Crippen LogP contribution in [-0.2, 0) is 9.59 Å². The Morgan fingerprint density at radius 1 is 1.40 bits per heavy atom. The van der Waals surface area contributed by atoms with E-state index in [0.29, 0.717) is 18.9 Å². The van der Waals surface area contributed by atoms with E-state index in [2.05, 4.69) is 0 Å². The van der Waals surface area contributed by atoms with Crippen molar-refractivity contribution in [2.24, 2.45) is 11.7 Å². The molecule has 0 fully saturated rings. The van der Waals surface area contributed by atoms with E-state index in [-0.39, 0.29) is 6.54 Å². The number of nitrogens with zero attached hydrogens (tertiary/aromatic N) is 1. The summed E-state index contributed by atoms with van der Waals surface area (Å²) in [4.78, 5) is 23.4. The maximum Gasteiger partial charge on any atom is 0.317 e. The lowest BCUT2D eigenvalue weighted by Crippen LogP contribution is -2.48. The third kappa shape index (κ3) is 5.37. The van der Waals surface area contributed by atoms with Crippen LogP contribution in [0, 0.1) is 5.92 Å². The molecule has 0 aliphatic heterocycles. The molecule has 1 unspecified atom stereocenters. The maximum atomic E-state index is 11.1. The number of carboxylic acids is 1. The average molecular weight is 216 g/mol. The fraction of sp³-hybridized carbons (Fsp3) is 0.800. The number of rotatable bonds is 7. The Kier molecular flexibility index (Phi) is 5.93. The first-order valence-electron chi connectivity index (χ1n) is 5.13.